The Labute approximate surface area is 118 Å². The summed E-state index contributed by atoms with van der Waals surface area (Å²) >= 11 is 0. The highest BCUT2D eigenvalue weighted by molar-refractivity contribution is 7.89. The van der Waals surface area contributed by atoms with Gasteiger partial charge in [0.1, 0.15) is 5.82 Å². The van der Waals surface area contributed by atoms with Gasteiger partial charge in [-0.1, -0.05) is 6.07 Å². The molecule has 0 saturated heterocycles. The first-order valence-electron chi connectivity index (χ1n) is 5.69. The topological polar surface area (TPSA) is 58.2 Å². The van der Waals surface area contributed by atoms with Crippen LogP contribution in [0.15, 0.2) is 23.1 Å². The number of hydrogen-bond acceptors (Lipinski definition) is 3. The van der Waals surface area contributed by atoms with Gasteiger partial charge in [-0.05, 0) is 24.7 Å². The van der Waals surface area contributed by atoms with Crippen LogP contribution in [0.2, 0.25) is 0 Å². The van der Waals surface area contributed by atoms with Crippen LogP contribution in [0.1, 0.15) is 5.56 Å². The Balaban J connectivity index is 3.05. The highest BCUT2D eigenvalue weighted by atomic mass is 32.2. The van der Waals surface area contributed by atoms with Crippen LogP contribution in [-0.2, 0) is 16.6 Å². The van der Waals surface area contributed by atoms with E-state index in [0.717, 1.165) is 12.1 Å². The molecule has 0 aliphatic rings. The maximum atomic E-state index is 13.1. The zero-order chi connectivity index (χ0) is 16.3. The number of rotatable bonds is 7. The molecule has 0 bridgehead atoms. The molecule has 1 aromatic rings. The first-order valence-corrected chi connectivity index (χ1v) is 7.17. The third kappa shape index (κ3) is 4.61. The standard InChI is InChI=1S/C11H13F5N2O2S/c1-17-5-7-2-3-8(12)4-9(7)21(19,20)18-6-11(15,16)10(13)14/h2-4,10,17-18H,5-6H2,1H3. The van der Waals surface area contributed by atoms with Crippen molar-refractivity contribution in [3.8, 4) is 0 Å². The van der Waals surface area contributed by atoms with Gasteiger partial charge >= 0.3 is 12.3 Å². The summed E-state index contributed by atoms with van der Waals surface area (Å²) in [5, 5.41) is 2.62. The first-order chi connectivity index (χ1) is 9.60. The molecule has 1 rings (SSSR count). The summed E-state index contributed by atoms with van der Waals surface area (Å²) in [4.78, 5) is -0.582. The minimum atomic E-state index is -4.55. The van der Waals surface area contributed by atoms with Crippen molar-refractivity contribution in [2.24, 2.45) is 0 Å². The minimum Gasteiger partial charge on any atom is -0.316 e. The highest BCUT2D eigenvalue weighted by Gasteiger charge is 2.41. The van der Waals surface area contributed by atoms with Crippen LogP contribution in [0, 0.1) is 5.82 Å². The summed E-state index contributed by atoms with van der Waals surface area (Å²) in [5.74, 6) is -5.40. The largest absolute Gasteiger partial charge is 0.320 e. The Hall–Kier alpha value is -1.26. The molecule has 0 aliphatic heterocycles. The van der Waals surface area contributed by atoms with Gasteiger partial charge in [-0.15, -0.1) is 0 Å². The maximum Gasteiger partial charge on any atom is 0.320 e. The van der Waals surface area contributed by atoms with E-state index < -0.39 is 39.6 Å². The summed E-state index contributed by atoms with van der Waals surface area (Å²) in [6.45, 7) is -1.75. The van der Waals surface area contributed by atoms with E-state index in [1.54, 1.807) is 0 Å². The van der Waals surface area contributed by atoms with Crippen LogP contribution < -0.4 is 10.0 Å². The van der Waals surface area contributed by atoms with Crippen molar-refractivity contribution < 1.29 is 30.4 Å². The molecule has 4 nitrogen and oxygen atoms in total. The van der Waals surface area contributed by atoms with Gasteiger partial charge in [-0.3, -0.25) is 0 Å². The van der Waals surface area contributed by atoms with E-state index in [1.807, 2.05) is 0 Å². The molecule has 0 heterocycles. The van der Waals surface area contributed by atoms with Gasteiger partial charge in [0.05, 0.1) is 11.4 Å². The van der Waals surface area contributed by atoms with Gasteiger partial charge in [0.25, 0.3) is 0 Å². The SMILES string of the molecule is CNCc1ccc(F)cc1S(=O)(=O)NCC(F)(F)C(F)F. The number of hydrogen-bond donors (Lipinski definition) is 2. The van der Waals surface area contributed by atoms with Gasteiger partial charge in [0.2, 0.25) is 10.0 Å². The van der Waals surface area contributed by atoms with Crippen molar-refractivity contribution in [2.75, 3.05) is 13.6 Å². The minimum absolute atomic E-state index is 0.0295. The summed E-state index contributed by atoms with van der Waals surface area (Å²) in [6.07, 6.45) is -4.01. The average Bonchev–Trinajstić information content (AvgIpc) is 2.39. The number of nitrogens with one attached hydrogen (secondary N) is 2. The van der Waals surface area contributed by atoms with Crippen molar-refractivity contribution in [1.82, 2.24) is 10.0 Å². The van der Waals surface area contributed by atoms with Crippen LogP contribution in [0.3, 0.4) is 0 Å². The number of sulfonamides is 1. The summed E-state index contributed by atoms with van der Waals surface area (Å²) in [6, 6.07) is 2.79. The molecular formula is C11H13F5N2O2S. The van der Waals surface area contributed by atoms with Crippen LogP contribution in [0.25, 0.3) is 0 Å². The van der Waals surface area contributed by atoms with Crippen molar-refractivity contribution >= 4 is 10.0 Å². The fourth-order valence-electron chi connectivity index (χ4n) is 1.46. The summed E-state index contributed by atoms with van der Waals surface area (Å²) < 4.78 is 87.8. The van der Waals surface area contributed by atoms with E-state index in [1.165, 1.54) is 11.8 Å². The maximum absolute atomic E-state index is 13.1. The molecule has 0 radical (unpaired) electrons. The molecule has 0 spiro atoms. The van der Waals surface area contributed by atoms with Crippen LogP contribution in [-0.4, -0.2) is 34.4 Å². The quantitative estimate of drug-likeness (QED) is 0.748. The van der Waals surface area contributed by atoms with E-state index in [-0.39, 0.29) is 12.1 Å². The van der Waals surface area contributed by atoms with Gasteiger partial charge in [0.15, 0.2) is 0 Å². The van der Waals surface area contributed by atoms with Crippen molar-refractivity contribution in [1.29, 1.82) is 0 Å². The van der Waals surface area contributed by atoms with Gasteiger partial charge in [-0.2, -0.15) is 8.78 Å². The van der Waals surface area contributed by atoms with E-state index in [0.29, 0.717) is 6.07 Å². The molecule has 2 N–H and O–H groups in total. The Morgan fingerprint density at radius 2 is 1.90 bits per heavy atom. The third-order valence-electron chi connectivity index (χ3n) is 2.50. The van der Waals surface area contributed by atoms with Crippen LogP contribution in [0.4, 0.5) is 22.0 Å². The first kappa shape index (κ1) is 17.8. The monoisotopic (exact) mass is 332 g/mol. The smallest absolute Gasteiger partial charge is 0.316 e. The molecule has 0 aliphatic carbocycles. The zero-order valence-electron chi connectivity index (χ0n) is 10.8. The predicted octanol–water partition coefficient (Wildman–Crippen LogP) is 1.72. The summed E-state index contributed by atoms with van der Waals surface area (Å²) in [7, 11) is -3.05. The van der Waals surface area contributed by atoms with E-state index >= 15 is 0 Å². The lowest BCUT2D eigenvalue weighted by molar-refractivity contribution is -0.122. The average molecular weight is 332 g/mol. The fraction of sp³-hybridized carbons (Fsp3) is 0.455. The van der Waals surface area contributed by atoms with Gasteiger partial charge in [0, 0.05) is 6.54 Å². The predicted molar refractivity (Wildman–Crippen MR) is 65.3 cm³/mol. The highest BCUT2D eigenvalue weighted by Crippen LogP contribution is 2.23. The second-order valence-corrected chi connectivity index (χ2v) is 5.90. The number of halogens is 5. The lowest BCUT2D eigenvalue weighted by Gasteiger charge is -2.17. The number of benzene rings is 1. The Bertz CT molecular complexity index is 592. The molecule has 0 saturated carbocycles. The second kappa shape index (κ2) is 6.67. The van der Waals surface area contributed by atoms with Crippen LogP contribution >= 0.6 is 0 Å². The molecule has 0 unspecified atom stereocenters. The molecule has 0 atom stereocenters. The molecule has 1 aromatic carbocycles. The Kier molecular flexibility index (Phi) is 5.65. The molecule has 0 aromatic heterocycles. The Morgan fingerprint density at radius 3 is 2.43 bits per heavy atom. The van der Waals surface area contributed by atoms with E-state index in [9.17, 15) is 30.4 Å². The lowest BCUT2D eigenvalue weighted by Crippen LogP contribution is -2.41. The Morgan fingerprint density at radius 1 is 1.29 bits per heavy atom. The van der Waals surface area contributed by atoms with Crippen LogP contribution in [0.5, 0.6) is 0 Å². The normalized spacial score (nSPS) is 12.9. The molecule has 21 heavy (non-hydrogen) atoms. The van der Waals surface area contributed by atoms with E-state index in [2.05, 4.69) is 5.32 Å². The van der Waals surface area contributed by atoms with Gasteiger partial charge in [-0.25, -0.2) is 26.3 Å². The number of alkyl halides is 4. The third-order valence-corrected chi connectivity index (χ3v) is 3.99. The molecule has 0 fully saturated rings. The van der Waals surface area contributed by atoms with Crippen molar-refractivity contribution in [3.05, 3.63) is 29.6 Å². The molecule has 10 heteroatoms. The molecule has 120 valence electrons. The zero-order valence-corrected chi connectivity index (χ0v) is 11.7. The van der Waals surface area contributed by atoms with E-state index in [4.69, 9.17) is 0 Å². The lowest BCUT2D eigenvalue weighted by atomic mass is 10.2. The molecule has 0 amide bonds. The fourth-order valence-corrected chi connectivity index (χ4v) is 2.75. The summed E-state index contributed by atoms with van der Waals surface area (Å²) in [5.41, 5.74) is 0.117. The van der Waals surface area contributed by atoms with Gasteiger partial charge < -0.3 is 5.32 Å². The van der Waals surface area contributed by atoms with Crippen molar-refractivity contribution in [2.45, 2.75) is 23.8 Å². The second-order valence-electron chi connectivity index (χ2n) is 4.17. The molecular weight excluding hydrogens is 319 g/mol. The van der Waals surface area contributed by atoms with Crippen molar-refractivity contribution in [3.63, 3.8) is 0 Å².